The van der Waals surface area contributed by atoms with Crippen LogP contribution < -0.4 is 5.32 Å². The Morgan fingerprint density at radius 2 is 2.09 bits per heavy atom. The van der Waals surface area contributed by atoms with Crippen molar-refractivity contribution in [1.29, 1.82) is 0 Å². The summed E-state index contributed by atoms with van der Waals surface area (Å²) in [6.45, 7) is -0.0595. The van der Waals surface area contributed by atoms with Gasteiger partial charge in [0.05, 0.1) is 17.7 Å². The molecule has 1 unspecified atom stereocenters. The second-order valence-corrected chi connectivity index (χ2v) is 5.63. The van der Waals surface area contributed by atoms with Crippen LogP contribution >= 0.6 is 0 Å². The summed E-state index contributed by atoms with van der Waals surface area (Å²) >= 11 is 0. The van der Waals surface area contributed by atoms with Gasteiger partial charge in [0.25, 0.3) is 11.6 Å². The SMILES string of the molecule is O=C(NCC(O)(c1ccco1)C1CC1)c1ccccc1[N+](=O)[O-]. The molecule has 0 radical (unpaired) electrons. The lowest BCUT2D eigenvalue weighted by molar-refractivity contribution is -0.385. The van der Waals surface area contributed by atoms with Gasteiger partial charge in [0.15, 0.2) is 0 Å². The summed E-state index contributed by atoms with van der Waals surface area (Å²) in [6.07, 6.45) is 3.16. The number of amides is 1. The van der Waals surface area contributed by atoms with Crippen LogP contribution in [0.2, 0.25) is 0 Å². The minimum atomic E-state index is -1.29. The molecular weight excluding hydrogens is 300 g/mol. The number of para-hydroxylation sites is 1. The number of nitro benzene ring substituents is 1. The third-order valence-corrected chi connectivity index (χ3v) is 4.06. The fourth-order valence-electron chi connectivity index (χ4n) is 2.65. The highest BCUT2D eigenvalue weighted by Gasteiger charge is 2.47. The maximum absolute atomic E-state index is 12.3. The summed E-state index contributed by atoms with van der Waals surface area (Å²) in [6, 6.07) is 9.05. The zero-order chi connectivity index (χ0) is 16.4. The van der Waals surface area contributed by atoms with Gasteiger partial charge in [-0.15, -0.1) is 0 Å². The molecule has 0 saturated heterocycles. The van der Waals surface area contributed by atoms with Crippen LogP contribution in [0.5, 0.6) is 0 Å². The van der Waals surface area contributed by atoms with Crippen molar-refractivity contribution in [3.05, 3.63) is 64.1 Å². The fourth-order valence-corrected chi connectivity index (χ4v) is 2.65. The quantitative estimate of drug-likeness (QED) is 0.628. The van der Waals surface area contributed by atoms with E-state index in [-0.39, 0.29) is 23.7 Å². The summed E-state index contributed by atoms with van der Waals surface area (Å²) in [5.74, 6) is -0.189. The van der Waals surface area contributed by atoms with Crippen molar-refractivity contribution >= 4 is 11.6 Å². The van der Waals surface area contributed by atoms with Gasteiger partial charge >= 0.3 is 0 Å². The fraction of sp³-hybridized carbons (Fsp3) is 0.312. The Balaban J connectivity index is 1.77. The first-order chi connectivity index (χ1) is 11.0. The number of carbonyl (C=O) groups excluding carboxylic acids is 1. The highest BCUT2D eigenvalue weighted by Crippen LogP contribution is 2.45. The second-order valence-electron chi connectivity index (χ2n) is 5.63. The molecule has 120 valence electrons. The van der Waals surface area contributed by atoms with E-state index in [9.17, 15) is 20.0 Å². The number of rotatable bonds is 6. The Bertz CT molecular complexity index is 724. The Morgan fingerprint density at radius 1 is 1.35 bits per heavy atom. The number of carbonyl (C=O) groups is 1. The van der Waals surface area contributed by atoms with Gasteiger partial charge in [-0.05, 0) is 37.0 Å². The van der Waals surface area contributed by atoms with Crippen molar-refractivity contribution in [3.63, 3.8) is 0 Å². The van der Waals surface area contributed by atoms with Gasteiger partial charge < -0.3 is 14.8 Å². The van der Waals surface area contributed by atoms with Gasteiger partial charge in [-0.2, -0.15) is 0 Å². The monoisotopic (exact) mass is 316 g/mol. The number of furan rings is 1. The molecule has 3 rings (SSSR count). The Labute approximate surface area is 132 Å². The summed E-state index contributed by atoms with van der Waals surface area (Å²) in [5, 5.41) is 24.4. The van der Waals surface area contributed by atoms with Crippen molar-refractivity contribution in [2.75, 3.05) is 6.54 Å². The highest BCUT2D eigenvalue weighted by molar-refractivity contribution is 5.98. The van der Waals surface area contributed by atoms with Gasteiger partial charge in [-0.1, -0.05) is 12.1 Å². The molecule has 2 N–H and O–H groups in total. The minimum Gasteiger partial charge on any atom is -0.466 e. The molecule has 0 spiro atoms. The maximum atomic E-state index is 12.3. The molecule has 2 aromatic rings. The molecular formula is C16H16N2O5. The lowest BCUT2D eigenvalue weighted by Crippen LogP contribution is -2.42. The molecule has 0 bridgehead atoms. The van der Waals surface area contributed by atoms with E-state index in [0.717, 1.165) is 12.8 Å². The molecule has 1 fully saturated rings. The largest absolute Gasteiger partial charge is 0.466 e. The van der Waals surface area contributed by atoms with E-state index in [1.54, 1.807) is 18.2 Å². The minimum absolute atomic E-state index is 0.0136. The van der Waals surface area contributed by atoms with E-state index in [2.05, 4.69) is 5.32 Å². The number of nitrogens with zero attached hydrogens (tertiary/aromatic N) is 1. The molecule has 1 heterocycles. The third-order valence-electron chi connectivity index (χ3n) is 4.06. The normalized spacial score (nSPS) is 16.6. The standard InChI is InChI=1S/C16H16N2O5/c19-15(12-4-1-2-5-13(12)18(21)22)17-10-16(20,11-7-8-11)14-6-3-9-23-14/h1-6,9,11,20H,7-8,10H2,(H,17,19). The van der Waals surface area contributed by atoms with E-state index >= 15 is 0 Å². The van der Waals surface area contributed by atoms with Crippen LogP contribution in [-0.2, 0) is 5.60 Å². The summed E-state index contributed by atoms with van der Waals surface area (Å²) < 4.78 is 5.29. The van der Waals surface area contributed by atoms with Crippen molar-refractivity contribution in [2.45, 2.75) is 18.4 Å². The van der Waals surface area contributed by atoms with Gasteiger partial charge in [0.2, 0.25) is 0 Å². The molecule has 7 nitrogen and oxygen atoms in total. The first-order valence-electron chi connectivity index (χ1n) is 7.30. The summed E-state index contributed by atoms with van der Waals surface area (Å²) in [7, 11) is 0. The molecule has 0 aliphatic heterocycles. The lowest BCUT2D eigenvalue weighted by Gasteiger charge is -2.26. The molecule has 1 amide bonds. The third kappa shape index (κ3) is 2.95. The zero-order valence-electron chi connectivity index (χ0n) is 12.3. The van der Waals surface area contributed by atoms with Crippen LogP contribution in [0.4, 0.5) is 5.69 Å². The maximum Gasteiger partial charge on any atom is 0.282 e. The van der Waals surface area contributed by atoms with Crippen molar-refractivity contribution in [3.8, 4) is 0 Å². The van der Waals surface area contributed by atoms with Crippen LogP contribution in [0, 0.1) is 16.0 Å². The number of nitro groups is 1. The summed E-state index contributed by atoms with van der Waals surface area (Å²) in [5.41, 5.74) is -1.59. The predicted octanol–water partition coefficient (Wildman–Crippen LogP) is 2.22. The molecule has 1 aliphatic carbocycles. The first-order valence-corrected chi connectivity index (χ1v) is 7.30. The van der Waals surface area contributed by atoms with E-state index in [1.807, 2.05) is 0 Å². The van der Waals surface area contributed by atoms with Crippen LogP contribution in [0.3, 0.4) is 0 Å². The van der Waals surface area contributed by atoms with Crippen molar-refractivity contribution in [2.24, 2.45) is 5.92 Å². The van der Waals surface area contributed by atoms with Gasteiger partial charge in [0, 0.05) is 6.07 Å². The Hall–Kier alpha value is -2.67. The van der Waals surface area contributed by atoms with Crippen LogP contribution in [0.25, 0.3) is 0 Å². The highest BCUT2D eigenvalue weighted by atomic mass is 16.6. The van der Waals surface area contributed by atoms with Crippen molar-refractivity contribution in [1.82, 2.24) is 5.32 Å². The molecule has 1 aromatic carbocycles. The van der Waals surface area contributed by atoms with Crippen LogP contribution in [-0.4, -0.2) is 22.5 Å². The lowest BCUT2D eigenvalue weighted by atomic mass is 9.94. The number of hydrogen-bond donors (Lipinski definition) is 2. The molecule has 1 aliphatic rings. The Morgan fingerprint density at radius 3 is 2.70 bits per heavy atom. The molecule has 1 aromatic heterocycles. The molecule has 23 heavy (non-hydrogen) atoms. The smallest absolute Gasteiger partial charge is 0.282 e. The average Bonchev–Trinajstić information content (AvgIpc) is 3.27. The van der Waals surface area contributed by atoms with E-state index in [4.69, 9.17) is 4.42 Å². The first kappa shape index (κ1) is 15.2. The second kappa shape index (κ2) is 5.85. The van der Waals surface area contributed by atoms with Crippen LogP contribution in [0.15, 0.2) is 47.1 Å². The van der Waals surface area contributed by atoms with Crippen molar-refractivity contribution < 1.29 is 19.2 Å². The molecule has 7 heteroatoms. The predicted molar refractivity (Wildman–Crippen MR) is 80.8 cm³/mol. The Kier molecular flexibility index (Phi) is 3.87. The average molecular weight is 316 g/mol. The molecule has 1 saturated carbocycles. The number of nitrogens with one attached hydrogen (secondary N) is 1. The van der Waals surface area contributed by atoms with Gasteiger partial charge in [-0.3, -0.25) is 14.9 Å². The van der Waals surface area contributed by atoms with E-state index in [1.165, 1.54) is 24.5 Å². The van der Waals surface area contributed by atoms with E-state index < -0.39 is 16.4 Å². The number of aliphatic hydroxyl groups is 1. The summed E-state index contributed by atoms with van der Waals surface area (Å²) in [4.78, 5) is 22.7. The number of hydrogen-bond acceptors (Lipinski definition) is 5. The van der Waals surface area contributed by atoms with Gasteiger partial charge in [-0.25, -0.2) is 0 Å². The zero-order valence-corrected chi connectivity index (χ0v) is 12.3. The number of benzene rings is 1. The van der Waals surface area contributed by atoms with Gasteiger partial charge in [0.1, 0.15) is 16.9 Å². The van der Waals surface area contributed by atoms with E-state index in [0.29, 0.717) is 5.76 Å². The topological polar surface area (TPSA) is 106 Å². The molecule has 1 atom stereocenters. The van der Waals surface area contributed by atoms with Crippen LogP contribution in [0.1, 0.15) is 29.0 Å².